The van der Waals surface area contributed by atoms with E-state index in [2.05, 4.69) is 13.8 Å². The van der Waals surface area contributed by atoms with E-state index in [9.17, 15) is 13.6 Å². The van der Waals surface area contributed by atoms with E-state index < -0.39 is 23.0 Å². The van der Waals surface area contributed by atoms with E-state index in [1.54, 1.807) is 0 Å². The standard InChI is InChI=1S/C15H19F2NO/c1-10-6-7-18(8-11(10)2)9-14(19)15-12(16)4-3-5-13(15)17/h3-5,10-11H,6-9H2,1-2H3. The van der Waals surface area contributed by atoms with Crippen LogP contribution in [0.5, 0.6) is 0 Å². The number of likely N-dealkylation sites (tertiary alicyclic amines) is 1. The average Bonchev–Trinajstić information content (AvgIpc) is 2.33. The lowest BCUT2D eigenvalue weighted by molar-refractivity contribution is 0.0841. The van der Waals surface area contributed by atoms with Crippen molar-refractivity contribution in [2.45, 2.75) is 20.3 Å². The summed E-state index contributed by atoms with van der Waals surface area (Å²) in [6, 6.07) is 3.51. The van der Waals surface area contributed by atoms with E-state index >= 15 is 0 Å². The molecule has 1 heterocycles. The highest BCUT2D eigenvalue weighted by Crippen LogP contribution is 2.23. The Labute approximate surface area is 112 Å². The number of piperidine rings is 1. The molecule has 1 aromatic rings. The molecule has 1 aliphatic heterocycles. The van der Waals surface area contributed by atoms with Crippen LogP contribution in [0.25, 0.3) is 0 Å². The fourth-order valence-corrected chi connectivity index (χ4v) is 2.54. The van der Waals surface area contributed by atoms with E-state index in [4.69, 9.17) is 0 Å². The van der Waals surface area contributed by atoms with Crippen LogP contribution in [0.15, 0.2) is 18.2 Å². The summed E-state index contributed by atoms with van der Waals surface area (Å²) in [6.45, 7) is 6.05. The number of Topliss-reactive ketones (excluding diaryl/α,β-unsaturated/α-hetero) is 1. The summed E-state index contributed by atoms with van der Waals surface area (Å²) in [6.07, 6.45) is 1.02. The number of carbonyl (C=O) groups is 1. The third-order valence-electron chi connectivity index (χ3n) is 4.03. The summed E-state index contributed by atoms with van der Waals surface area (Å²) in [7, 11) is 0. The first kappa shape index (κ1) is 14.1. The molecule has 1 aliphatic rings. The second-order valence-electron chi connectivity index (χ2n) is 5.50. The molecule has 104 valence electrons. The van der Waals surface area contributed by atoms with E-state index in [0.717, 1.165) is 31.6 Å². The fourth-order valence-electron chi connectivity index (χ4n) is 2.54. The normalized spacial score (nSPS) is 24.4. The van der Waals surface area contributed by atoms with Crippen LogP contribution >= 0.6 is 0 Å². The van der Waals surface area contributed by atoms with Crippen LogP contribution in [0.1, 0.15) is 30.6 Å². The van der Waals surface area contributed by atoms with E-state index in [-0.39, 0.29) is 6.54 Å². The largest absolute Gasteiger partial charge is 0.296 e. The maximum Gasteiger partial charge on any atom is 0.182 e. The molecule has 2 rings (SSSR count). The Kier molecular flexibility index (Phi) is 4.30. The molecule has 1 aromatic carbocycles. The van der Waals surface area contributed by atoms with Crippen molar-refractivity contribution in [2.75, 3.05) is 19.6 Å². The first-order chi connectivity index (χ1) is 8.99. The highest BCUT2D eigenvalue weighted by molar-refractivity contribution is 5.98. The van der Waals surface area contributed by atoms with Crippen molar-refractivity contribution >= 4 is 5.78 Å². The third-order valence-corrected chi connectivity index (χ3v) is 4.03. The zero-order valence-corrected chi connectivity index (χ0v) is 11.3. The van der Waals surface area contributed by atoms with Crippen LogP contribution in [0.2, 0.25) is 0 Å². The SMILES string of the molecule is CC1CCN(CC(=O)c2c(F)cccc2F)CC1C. The lowest BCUT2D eigenvalue weighted by Crippen LogP contribution is -2.41. The Morgan fingerprint density at radius 2 is 1.89 bits per heavy atom. The van der Waals surface area contributed by atoms with Gasteiger partial charge in [-0.15, -0.1) is 0 Å². The molecule has 2 unspecified atom stereocenters. The van der Waals surface area contributed by atoms with Gasteiger partial charge in [0.25, 0.3) is 0 Å². The maximum atomic E-state index is 13.5. The van der Waals surface area contributed by atoms with Gasteiger partial charge in [-0.25, -0.2) is 8.78 Å². The molecule has 0 radical (unpaired) electrons. The zero-order valence-electron chi connectivity index (χ0n) is 11.3. The number of carbonyl (C=O) groups excluding carboxylic acids is 1. The molecular weight excluding hydrogens is 248 g/mol. The molecule has 0 amide bonds. The van der Waals surface area contributed by atoms with Crippen LogP contribution < -0.4 is 0 Å². The molecule has 1 saturated heterocycles. The van der Waals surface area contributed by atoms with Crippen molar-refractivity contribution in [3.05, 3.63) is 35.4 Å². The topological polar surface area (TPSA) is 20.3 Å². The van der Waals surface area contributed by atoms with Crippen molar-refractivity contribution in [3.8, 4) is 0 Å². The molecule has 0 aliphatic carbocycles. The van der Waals surface area contributed by atoms with E-state index in [0.29, 0.717) is 11.8 Å². The minimum Gasteiger partial charge on any atom is -0.296 e. The van der Waals surface area contributed by atoms with Gasteiger partial charge in [-0.3, -0.25) is 9.69 Å². The first-order valence-electron chi connectivity index (χ1n) is 6.68. The number of nitrogens with zero attached hydrogens (tertiary/aromatic N) is 1. The highest BCUT2D eigenvalue weighted by Gasteiger charge is 2.26. The van der Waals surface area contributed by atoms with Crippen molar-refractivity contribution < 1.29 is 13.6 Å². The molecule has 0 aromatic heterocycles. The predicted molar refractivity (Wildman–Crippen MR) is 70.1 cm³/mol. The molecule has 19 heavy (non-hydrogen) atoms. The van der Waals surface area contributed by atoms with Gasteiger partial charge in [0.05, 0.1) is 12.1 Å². The highest BCUT2D eigenvalue weighted by atomic mass is 19.1. The smallest absolute Gasteiger partial charge is 0.182 e. The monoisotopic (exact) mass is 267 g/mol. The molecule has 2 nitrogen and oxygen atoms in total. The van der Waals surface area contributed by atoms with Gasteiger partial charge in [0, 0.05) is 6.54 Å². The van der Waals surface area contributed by atoms with Crippen LogP contribution in [0.4, 0.5) is 8.78 Å². The molecule has 0 spiro atoms. The summed E-state index contributed by atoms with van der Waals surface area (Å²) in [5.41, 5.74) is -0.409. The van der Waals surface area contributed by atoms with Gasteiger partial charge >= 0.3 is 0 Å². The van der Waals surface area contributed by atoms with Crippen LogP contribution in [-0.2, 0) is 0 Å². The van der Waals surface area contributed by atoms with Gasteiger partial charge in [-0.05, 0) is 36.9 Å². The Bertz CT molecular complexity index is 455. The van der Waals surface area contributed by atoms with Gasteiger partial charge in [-0.2, -0.15) is 0 Å². The summed E-state index contributed by atoms with van der Waals surface area (Å²) in [5.74, 6) is -0.882. The minimum atomic E-state index is -0.775. The second kappa shape index (κ2) is 5.78. The van der Waals surface area contributed by atoms with E-state index in [1.165, 1.54) is 6.07 Å². The quantitative estimate of drug-likeness (QED) is 0.784. The maximum absolute atomic E-state index is 13.5. The minimum absolute atomic E-state index is 0.0922. The number of halogens is 2. The average molecular weight is 267 g/mol. The first-order valence-corrected chi connectivity index (χ1v) is 6.68. The van der Waals surface area contributed by atoms with Crippen LogP contribution in [0.3, 0.4) is 0 Å². The summed E-state index contributed by atoms with van der Waals surface area (Å²) in [4.78, 5) is 14.0. The van der Waals surface area contributed by atoms with Gasteiger partial charge in [-0.1, -0.05) is 19.9 Å². The predicted octanol–water partition coefficient (Wildman–Crippen LogP) is 3.13. The summed E-state index contributed by atoms with van der Waals surface area (Å²) in [5, 5.41) is 0. The summed E-state index contributed by atoms with van der Waals surface area (Å²) >= 11 is 0. The molecule has 0 N–H and O–H groups in total. The molecule has 0 saturated carbocycles. The van der Waals surface area contributed by atoms with Crippen molar-refractivity contribution in [1.82, 2.24) is 4.90 Å². The fraction of sp³-hybridized carbons (Fsp3) is 0.533. The Balaban J connectivity index is 2.06. The lowest BCUT2D eigenvalue weighted by atomic mass is 9.88. The molecule has 0 bridgehead atoms. The number of hydrogen-bond acceptors (Lipinski definition) is 2. The Morgan fingerprint density at radius 3 is 2.47 bits per heavy atom. The second-order valence-corrected chi connectivity index (χ2v) is 5.50. The number of rotatable bonds is 3. The van der Waals surface area contributed by atoms with E-state index in [1.807, 2.05) is 4.90 Å². The number of ketones is 1. The number of hydrogen-bond donors (Lipinski definition) is 0. The van der Waals surface area contributed by atoms with Crippen LogP contribution in [0, 0.1) is 23.5 Å². The van der Waals surface area contributed by atoms with Crippen molar-refractivity contribution in [1.29, 1.82) is 0 Å². The van der Waals surface area contributed by atoms with Gasteiger partial charge in [0.15, 0.2) is 5.78 Å². The number of benzene rings is 1. The molecule has 4 heteroatoms. The van der Waals surface area contributed by atoms with Crippen molar-refractivity contribution in [2.24, 2.45) is 11.8 Å². The Morgan fingerprint density at radius 1 is 1.26 bits per heavy atom. The Hall–Kier alpha value is -1.29. The third kappa shape index (κ3) is 3.18. The van der Waals surface area contributed by atoms with Crippen LogP contribution in [-0.4, -0.2) is 30.3 Å². The van der Waals surface area contributed by atoms with Gasteiger partial charge in [0.1, 0.15) is 11.6 Å². The van der Waals surface area contributed by atoms with Crippen molar-refractivity contribution in [3.63, 3.8) is 0 Å². The summed E-state index contributed by atoms with van der Waals surface area (Å²) < 4.78 is 27.0. The van der Waals surface area contributed by atoms with Gasteiger partial charge in [0.2, 0.25) is 0 Å². The molecule has 1 fully saturated rings. The molecular formula is C15H19F2NO. The molecule has 2 atom stereocenters. The zero-order chi connectivity index (χ0) is 14.0. The lowest BCUT2D eigenvalue weighted by Gasteiger charge is -2.34. The van der Waals surface area contributed by atoms with Gasteiger partial charge < -0.3 is 0 Å².